The Bertz CT molecular complexity index is 2170. The standard InChI is InChI=1S/C41H59ClF3N7O7SSi/c1-37(2,3)58-36(54)51-26-27(25-39(51,7)8)13-12-22-46-30-14-11-15-33(47-30)60(55,56)50-35(53)28-16-17-31(48-34(28)42)52-23-18-32(49-52)57-24-19-29(40(20-21-40)41(43,44)45)59-61(9,10)38(4,5)6/h11,14-18,23,27,29H,12-13,19-22,24-26H2,1-10H3,(H,46,47)(H,50,53)/q-1/t27-,29?/m0/s1. The van der Waals surface area contributed by atoms with Crippen molar-refractivity contribution >= 4 is 47.8 Å². The van der Waals surface area contributed by atoms with E-state index >= 15 is 0 Å². The van der Waals surface area contributed by atoms with Gasteiger partial charge in [-0.25, -0.2) is 24.2 Å². The van der Waals surface area contributed by atoms with Crippen molar-refractivity contribution in [3.63, 3.8) is 0 Å². The quantitative estimate of drug-likeness (QED) is 0.0799. The first-order chi connectivity index (χ1) is 28.0. The molecular weight excluding hydrogens is 855 g/mol. The zero-order chi connectivity index (χ0) is 45.4. The minimum absolute atomic E-state index is 0.0135. The maximum atomic E-state index is 14.2. The van der Waals surface area contributed by atoms with Gasteiger partial charge in [0.25, 0.3) is 15.9 Å². The molecule has 0 aromatic carbocycles. The van der Waals surface area contributed by atoms with Crippen LogP contribution in [0.25, 0.3) is 5.82 Å². The summed E-state index contributed by atoms with van der Waals surface area (Å²) in [5, 5.41) is 6.47. The maximum absolute atomic E-state index is 14.2. The second-order valence-corrected chi connectivity index (χ2v) is 25.8. The van der Waals surface area contributed by atoms with Crippen molar-refractivity contribution in [2.75, 3.05) is 25.0 Å². The Balaban J connectivity index is 1.14. The average Bonchev–Trinajstić information content (AvgIpc) is 3.72. The van der Waals surface area contributed by atoms with E-state index in [1.54, 1.807) is 11.0 Å². The number of alkyl halides is 3. The summed E-state index contributed by atoms with van der Waals surface area (Å²) in [6.45, 7) is 20.4. The van der Waals surface area contributed by atoms with Gasteiger partial charge in [0.15, 0.2) is 10.8 Å². The number of nitrogens with zero attached hydrogens (tertiary/aromatic N) is 5. The Morgan fingerprint density at radius 3 is 2.33 bits per heavy atom. The zero-order valence-electron chi connectivity index (χ0n) is 36.6. The van der Waals surface area contributed by atoms with Crippen molar-refractivity contribution in [1.82, 2.24) is 29.4 Å². The summed E-state index contributed by atoms with van der Waals surface area (Å²) >= 11 is 6.36. The molecule has 3 aromatic rings. The molecule has 0 bridgehead atoms. The van der Waals surface area contributed by atoms with Gasteiger partial charge < -0.3 is 24.1 Å². The van der Waals surface area contributed by atoms with Gasteiger partial charge in [-0.15, -0.1) is 23.2 Å². The Hall–Kier alpha value is -3.94. The summed E-state index contributed by atoms with van der Waals surface area (Å²) in [7, 11) is -6.96. The molecule has 1 aliphatic carbocycles. The molecule has 2 atom stereocenters. The van der Waals surface area contributed by atoms with E-state index in [0.717, 1.165) is 19.3 Å². The van der Waals surface area contributed by atoms with Crippen molar-refractivity contribution in [2.24, 2.45) is 11.3 Å². The summed E-state index contributed by atoms with van der Waals surface area (Å²) in [6, 6.07) is 8.58. The maximum Gasteiger partial charge on any atom is 0.410 e. The van der Waals surface area contributed by atoms with Gasteiger partial charge >= 0.3 is 12.3 Å². The molecule has 2 amide bonds. The lowest BCUT2D eigenvalue weighted by Gasteiger charge is -2.52. The monoisotopic (exact) mass is 913 g/mol. The second-order valence-electron chi connectivity index (χ2n) is 19.1. The van der Waals surface area contributed by atoms with Crippen molar-refractivity contribution in [3.8, 4) is 11.7 Å². The number of ether oxygens (including phenoxy) is 2. The molecule has 5 rings (SSSR count). The number of halogens is 4. The molecule has 1 saturated heterocycles. The van der Waals surface area contributed by atoms with Crippen LogP contribution in [0.3, 0.4) is 0 Å². The number of rotatable bonds is 16. The van der Waals surface area contributed by atoms with E-state index in [2.05, 4.69) is 20.4 Å². The highest BCUT2D eigenvalue weighted by Crippen LogP contribution is 2.62. The number of hydrogen-bond acceptors (Lipinski definition) is 11. The number of sulfonamides is 1. The SMILES string of the molecule is CC(C)(C)OC(=O)N1C[C@@H](CCCNc2cccc(S(=O)(=O)NC(=O)c3ccc(-n4ccc(OCCC(O[Si-](C)(C)C(C)(C)C)C5(C(F)(F)F)CC5)n4)nc3Cl)n2)CC1(C)C. The second kappa shape index (κ2) is 17.7. The number of carbonyl (C=O) groups excluding carboxylic acids is 2. The van der Waals surface area contributed by atoms with Crippen LogP contribution in [0, 0.1) is 11.3 Å². The molecule has 2 N–H and O–H groups in total. The first-order valence-electron chi connectivity index (χ1n) is 20.4. The van der Waals surface area contributed by atoms with Gasteiger partial charge in [0.1, 0.15) is 16.6 Å². The third kappa shape index (κ3) is 11.8. The third-order valence-electron chi connectivity index (χ3n) is 11.6. The molecule has 2 aliphatic rings. The van der Waals surface area contributed by atoms with Crippen LogP contribution in [0.5, 0.6) is 5.88 Å². The van der Waals surface area contributed by atoms with E-state index in [1.165, 1.54) is 41.2 Å². The molecule has 339 valence electrons. The van der Waals surface area contributed by atoms with Crippen molar-refractivity contribution in [3.05, 3.63) is 53.3 Å². The highest BCUT2D eigenvalue weighted by Gasteiger charge is 2.67. The van der Waals surface area contributed by atoms with E-state index in [4.69, 9.17) is 25.5 Å². The summed E-state index contributed by atoms with van der Waals surface area (Å²) in [6.07, 6.45) is -1.83. The van der Waals surface area contributed by atoms with Gasteiger partial charge in [-0.2, -0.15) is 21.6 Å². The Morgan fingerprint density at radius 2 is 1.72 bits per heavy atom. The molecule has 61 heavy (non-hydrogen) atoms. The van der Waals surface area contributed by atoms with Gasteiger partial charge in [-0.05, 0) is 105 Å². The fraction of sp³-hybridized carbons (Fsp3) is 0.634. The zero-order valence-corrected chi connectivity index (χ0v) is 39.1. The van der Waals surface area contributed by atoms with Crippen LogP contribution in [-0.2, 0) is 19.2 Å². The van der Waals surface area contributed by atoms with Gasteiger partial charge in [0.05, 0.1) is 17.6 Å². The number of amides is 2. The van der Waals surface area contributed by atoms with E-state index in [9.17, 15) is 31.2 Å². The number of hydrogen-bond donors (Lipinski definition) is 2. The predicted molar refractivity (Wildman–Crippen MR) is 228 cm³/mol. The van der Waals surface area contributed by atoms with Crippen LogP contribution in [0.2, 0.25) is 23.3 Å². The van der Waals surface area contributed by atoms with E-state index < -0.39 is 47.5 Å². The summed E-state index contributed by atoms with van der Waals surface area (Å²) < 4.78 is 90.0. The molecule has 4 heterocycles. The lowest BCUT2D eigenvalue weighted by molar-refractivity contribution is -0.213. The summed E-state index contributed by atoms with van der Waals surface area (Å²) in [5.74, 6) is -0.159. The van der Waals surface area contributed by atoms with Gasteiger partial charge in [-0.1, -0.05) is 38.4 Å². The van der Waals surface area contributed by atoms with Crippen molar-refractivity contribution in [1.29, 1.82) is 0 Å². The molecule has 14 nitrogen and oxygen atoms in total. The number of pyridine rings is 2. The highest BCUT2D eigenvalue weighted by atomic mass is 35.5. The molecule has 1 aliphatic heterocycles. The van der Waals surface area contributed by atoms with Gasteiger partial charge in [0, 0.05) is 43.4 Å². The first-order valence-corrected chi connectivity index (χ1v) is 25.2. The minimum atomic E-state index is -4.43. The van der Waals surface area contributed by atoms with Crippen LogP contribution < -0.4 is 14.8 Å². The fourth-order valence-corrected chi connectivity index (χ4v) is 9.70. The Kier molecular flexibility index (Phi) is 13.9. The number of anilines is 1. The van der Waals surface area contributed by atoms with Crippen LogP contribution in [0.4, 0.5) is 23.8 Å². The highest BCUT2D eigenvalue weighted by molar-refractivity contribution is 7.90. The fourth-order valence-electron chi connectivity index (χ4n) is 7.13. The van der Waals surface area contributed by atoms with Crippen LogP contribution in [0.1, 0.15) is 104 Å². The minimum Gasteiger partial charge on any atom is -0.561 e. The van der Waals surface area contributed by atoms with E-state index in [0.29, 0.717) is 18.9 Å². The van der Waals surface area contributed by atoms with Crippen molar-refractivity contribution < 1.29 is 45.1 Å². The number of carbonyl (C=O) groups is 2. The van der Waals surface area contributed by atoms with Crippen LogP contribution in [-0.4, -0.2) is 96.5 Å². The molecular formula is C41H59ClF3N7O7SSi-. The van der Waals surface area contributed by atoms with Gasteiger partial charge in [-0.3, -0.25) is 4.79 Å². The molecule has 1 saturated carbocycles. The smallest absolute Gasteiger partial charge is 0.410 e. The number of nitrogens with one attached hydrogen (secondary N) is 2. The van der Waals surface area contributed by atoms with Crippen molar-refractivity contribution in [2.45, 2.75) is 140 Å². The largest absolute Gasteiger partial charge is 0.561 e. The lowest BCUT2D eigenvalue weighted by atomic mass is 9.93. The normalized spacial score (nSPS) is 18.4. The predicted octanol–water partition coefficient (Wildman–Crippen LogP) is 9.16. The first kappa shape index (κ1) is 48.1. The molecule has 0 spiro atoms. The Labute approximate surface area is 362 Å². The van der Waals surface area contributed by atoms with Crippen LogP contribution in [0.15, 0.2) is 47.6 Å². The van der Waals surface area contributed by atoms with E-state index in [1.807, 2.05) is 73.2 Å². The average molecular weight is 915 g/mol. The van der Waals surface area contributed by atoms with E-state index in [-0.39, 0.29) is 75.9 Å². The Morgan fingerprint density at radius 1 is 1.03 bits per heavy atom. The topological polar surface area (TPSA) is 167 Å². The molecule has 2 fully saturated rings. The lowest BCUT2D eigenvalue weighted by Crippen LogP contribution is -2.49. The molecule has 20 heteroatoms. The summed E-state index contributed by atoms with van der Waals surface area (Å²) in [5.41, 5.74) is -3.03. The summed E-state index contributed by atoms with van der Waals surface area (Å²) in [4.78, 5) is 36.1. The molecule has 0 radical (unpaired) electrons. The molecule has 1 unspecified atom stereocenters. The molecule has 3 aromatic heterocycles. The van der Waals surface area contributed by atoms with Crippen LogP contribution >= 0.6 is 11.6 Å². The van der Waals surface area contributed by atoms with Gasteiger partial charge in [0.2, 0.25) is 5.88 Å². The number of likely N-dealkylation sites (tertiary alicyclic amines) is 1. The third-order valence-corrected chi connectivity index (χ3v) is 17.6. The number of aromatic nitrogens is 4.